The third kappa shape index (κ3) is 4.49. The van der Waals surface area contributed by atoms with E-state index in [1.165, 1.54) is 6.07 Å². The van der Waals surface area contributed by atoms with Crippen LogP contribution in [0.2, 0.25) is 5.02 Å². The zero-order chi connectivity index (χ0) is 14.6. The molecule has 1 aromatic carbocycles. The second kappa shape index (κ2) is 6.36. The number of rotatable bonds is 6. The first-order valence-electron chi connectivity index (χ1n) is 5.73. The number of carboxylic acid groups (broad SMARTS) is 1. The van der Waals surface area contributed by atoms with E-state index >= 15 is 0 Å². The number of hydrogen-bond acceptors (Lipinski definition) is 3. The molecule has 2 N–H and O–H groups in total. The van der Waals surface area contributed by atoms with Crippen LogP contribution in [0.5, 0.6) is 0 Å². The molecule has 1 rings (SSSR count). The van der Waals surface area contributed by atoms with Gasteiger partial charge in [0.25, 0.3) is 0 Å². The highest BCUT2D eigenvalue weighted by Crippen LogP contribution is 2.22. The molecule has 0 aliphatic rings. The fourth-order valence-electron chi connectivity index (χ4n) is 1.61. The zero-order valence-corrected chi connectivity index (χ0v) is 12.3. The fraction of sp³-hybridized carbons (Fsp3) is 0.417. The van der Waals surface area contributed by atoms with Crippen molar-refractivity contribution in [2.75, 3.05) is 0 Å². The molecule has 0 saturated carbocycles. The summed E-state index contributed by atoms with van der Waals surface area (Å²) < 4.78 is 26.7. The molecular formula is C12H16ClNO4S. The van der Waals surface area contributed by atoms with Crippen LogP contribution in [0.3, 0.4) is 0 Å². The van der Waals surface area contributed by atoms with Crippen LogP contribution in [-0.4, -0.2) is 25.5 Å². The third-order valence-electron chi connectivity index (χ3n) is 2.66. The Morgan fingerprint density at radius 3 is 2.68 bits per heavy atom. The van der Waals surface area contributed by atoms with Gasteiger partial charge in [0.2, 0.25) is 10.0 Å². The van der Waals surface area contributed by atoms with Gasteiger partial charge >= 0.3 is 5.97 Å². The molecule has 7 heteroatoms. The number of carbonyl (C=O) groups is 1. The minimum atomic E-state index is -3.69. The van der Waals surface area contributed by atoms with Crippen molar-refractivity contribution in [3.8, 4) is 0 Å². The van der Waals surface area contributed by atoms with Crippen LogP contribution < -0.4 is 4.72 Å². The summed E-state index contributed by atoms with van der Waals surface area (Å²) in [5.74, 6) is -0.954. The highest BCUT2D eigenvalue weighted by molar-refractivity contribution is 7.89. The van der Waals surface area contributed by atoms with Crippen molar-refractivity contribution in [2.24, 2.45) is 0 Å². The van der Waals surface area contributed by atoms with Crippen molar-refractivity contribution in [3.63, 3.8) is 0 Å². The number of halogens is 1. The molecule has 0 aliphatic carbocycles. The van der Waals surface area contributed by atoms with Crippen LogP contribution in [0.1, 0.15) is 25.3 Å². The Morgan fingerprint density at radius 1 is 1.47 bits per heavy atom. The summed E-state index contributed by atoms with van der Waals surface area (Å²) in [4.78, 5) is 10.6. The monoisotopic (exact) mass is 305 g/mol. The standard InChI is InChI=1S/C12H16ClNO4S/c1-8(6-7-12(15)16)14-19(17,18)11-5-3-4-10(13)9(11)2/h3-5,8,14H,6-7H2,1-2H3,(H,15,16). The molecule has 0 saturated heterocycles. The summed E-state index contributed by atoms with van der Waals surface area (Å²) in [6, 6.07) is 4.18. The van der Waals surface area contributed by atoms with Crippen molar-refractivity contribution in [3.05, 3.63) is 28.8 Å². The molecule has 0 aliphatic heterocycles. The number of aliphatic carboxylic acids is 1. The van der Waals surface area contributed by atoms with Crippen molar-refractivity contribution >= 4 is 27.6 Å². The smallest absolute Gasteiger partial charge is 0.303 e. The minimum Gasteiger partial charge on any atom is -0.481 e. The quantitative estimate of drug-likeness (QED) is 0.844. The molecule has 1 aromatic rings. The van der Waals surface area contributed by atoms with Crippen LogP contribution in [-0.2, 0) is 14.8 Å². The second-order valence-electron chi connectivity index (χ2n) is 4.32. The number of carboxylic acids is 1. The van der Waals surface area contributed by atoms with E-state index in [0.29, 0.717) is 10.6 Å². The van der Waals surface area contributed by atoms with E-state index in [2.05, 4.69) is 4.72 Å². The molecule has 0 heterocycles. The van der Waals surface area contributed by atoms with Crippen LogP contribution >= 0.6 is 11.6 Å². The predicted octanol–water partition coefficient (Wildman–Crippen LogP) is 2.18. The fourth-order valence-corrected chi connectivity index (χ4v) is 3.38. The maximum Gasteiger partial charge on any atom is 0.303 e. The number of nitrogens with one attached hydrogen (secondary N) is 1. The van der Waals surface area contributed by atoms with E-state index < -0.39 is 22.0 Å². The summed E-state index contributed by atoms with van der Waals surface area (Å²) in [6.07, 6.45) is 0.145. The van der Waals surface area contributed by atoms with Crippen LogP contribution in [0.25, 0.3) is 0 Å². The van der Waals surface area contributed by atoms with Gasteiger partial charge in [-0.1, -0.05) is 17.7 Å². The molecule has 5 nitrogen and oxygen atoms in total. The van der Waals surface area contributed by atoms with Crippen LogP contribution in [0.4, 0.5) is 0 Å². The Bertz CT molecular complexity index is 571. The lowest BCUT2D eigenvalue weighted by atomic mass is 10.2. The molecule has 0 aromatic heterocycles. The van der Waals surface area contributed by atoms with E-state index in [0.717, 1.165) is 0 Å². The minimum absolute atomic E-state index is 0.0851. The molecule has 0 radical (unpaired) electrons. The molecule has 0 spiro atoms. The van der Waals surface area contributed by atoms with E-state index in [9.17, 15) is 13.2 Å². The van der Waals surface area contributed by atoms with E-state index in [-0.39, 0.29) is 17.7 Å². The van der Waals surface area contributed by atoms with Gasteiger partial charge in [-0.3, -0.25) is 4.79 Å². The predicted molar refractivity (Wildman–Crippen MR) is 72.8 cm³/mol. The summed E-state index contributed by atoms with van der Waals surface area (Å²) in [6.45, 7) is 3.25. The van der Waals surface area contributed by atoms with Gasteiger partial charge in [-0.2, -0.15) is 0 Å². The molecule has 0 fully saturated rings. The van der Waals surface area contributed by atoms with Crippen LogP contribution in [0.15, 0.2) is 23.1 Å². The van der Waals surface area contributed by atoms with Gasteiger partial charge in [-0.15, -0.1) is 0 Å². The van der Waals surface area contributed by atoms with Crippen molar-refractivity contribution in [1.29, 1.82) is 0 Å². The Hall–Kier alpha value is -1.11. The summed E-state index contributed by atoms with van der Waals surface area (Å²) in [5, 5.41) is 8.94. The highest BCUT2D eigenvalue weighted by atomic mass is 35.5. The average molecular weight is 306 g/mol. The first-order valence-corrected chi connectivity index (χ1v) is 7.59. The van der Waals surface area contributed by atoms with Gasteiger partial charge in [0.15, 0.2) is 0 Å². The van der Waals surface area contributed by atoms with Crippen LogP contribution in [0, 0.1) is 6.92 Å². The first-order chi connectivity index (χ1) is 8.74. The number of sulfonamides is 1. The number of benzene rings is 1. The summed E-state index contributed by atoms with van der Waals surface area (Å²) in [5.41, 5.74) is 0.474. The molecule has 106 valence electrons. The molecule has 0 amide bonds. The average Bonchev–Trinajstić information content (AvgIpc) is 2.29. The second-order valence-corrected chi connectivity index (χ2v) is 6.41. The van der Waals surface area contributed by atoms with Crippen molar-refractivity contribution < 1.29 is 18.3 Å². The molecule has 0 bridgehead atoms. The van der Waals surface area contributed by atoms with E-state index in [1.807, 2.05) is 0 Å². The topological polar surface area (TPSA) is 83.5 Å². The maximum absolute atomic E-state index is 12.1. The van der Waals surface area contributed by atoms with Gasteiger partial charge in [0, 0.05) is 17.5 Å². The van der Waals surface area contributed by atoms with Gasteiger partial charge < -0.3 is 5.11 Å². The lowest BCUT2D eigenvalue weighted by Crippen LogP contribution is -2.33. The van der Waals surface area contributed by atoms with Gasteiger partial charge in [0.1, 0.15) is 0 Å². The van der Waals surface area contributed by atoms with E-state index in [4.69, 9.17) is 16.7 Å². The van der Waals surface area contributed by atoms with Gasteiger partial charge in [-0.05, 0) is 38.0 Å². The summed E-state index contributed by atoms with van der Waals surface area (Å²) >= 11 is 5.89. The highest BCUT2D eigenvalue weighted by Gasteiger charge is 2.20. The molecule has 19 heavy (non-hydrogen) atoms. The lowest BCUT2D eigenvalue weighted by Gasteiger charge is -2.15. The van der Waals surface area contributed by atoms with Crippen molar-refractivity contribution in [1.82, 2.24) is 4.72 Å². The van der Waals surface area contributed by atoms with Gasteiger partial charge in [0.05, 0.1) is 4.90 Å². The first kappa shape index (κ1) is 15.9. The lowest BCUT2D eigenvalue weighted by molar-refractivity contribution is -0.137. The Labute approximate surface area is 117 Å². The van der Waals surface area contributed by atoms with Gasteiger partial charge in [-0.25, -0.2) is 13.1 Å². The normalized spacial score (nSPS) is 13.2. The Balaban J connectivity index is 2.87. The zero-order valence-electron chi connectivity index (χ0n) is 10.7. The van der Waals surface area contributed by atoms with Crippen molar-refractivity contribution in [2.45, 2.75) is 37.6 Å². The summed E-state index contributed by atoms with van der Waals surface area (Å²) in [7, 11) is -3.69. The molecule has 1 unspecified atom stereocenters. The molecular weight excluding hydrogens is 290 g/mol. The maximum atomic E-state index is 12.1. The number of hydrogen-bond donors (Lipinski definition) is 2. The van der Waals surface area contributed by atoms with E-state index in [1.54, 1.807) is 26.0 Å². The largest absolute Gasteiger partial charge is 0.481 e. The SMILES string of the molecule is Cc1c(Cl)cccc1S(=O)(=O)NC(C)CCC(=O)O. The Kier molecular flexibility index (Phi) is 5.34. The molecule has 1 atom stereocenters. The third-order valence-corrected chi connectivity index (χ3v) is 4.80. The Morgan fingerprint density at radius 2 is 2.11 bits per heavy atom.